The fraction of sp³-hybridized carbons (Fsp3) is 0.600. The standard InChI is InChI=1S/C25H33N3O3/c1-17(2)8-9-18-10-12-19(13-11-18)24-21-14-27(15-23(30)28(21)22(24)16-29)25(31)26-20-6-4-3-5-7-20/h10-13,17,20-22,24,29H,3-7,14-16H2,1-2H3,(H,26,31)/t21-,22-,24-/m0/s1. The summed E-state index contributed by atoms with van der Waals surface area (Å²) in [6.07, 6.45) is 5.57. The molecule has 3 fully saturated rings. The van der Waals surface area contributed by atoms with E-state index in [-0.39, 0.29) is 49.1 Å². The van der Waals surface area contributed by atoms with Gasteiger partial charge in [0.15, 0.2) is 0 Å². The summed E-state index contributed by atoms with van der Waals surface area (Å²) in [5.74, 6) is 6.60. The van der Waals surface area contributed by atoms with Crippen LogP contribution >= 0.6 is 0 Å². The van der Waals surface area contributed by atoms with E-state index < -0.39 is 0 Å². The van der Waals surface area contributed by atoms with Crippen LogP contribution in [0.4, 0.5) is 4.79 Å². The molecule has 1 aliphatic carbocycles. The van der Waals surface area contributed by atoms with Gasteiger partial charge < -0.3 is 20.2 Å². The van der Waals surface area contributed by atoms with E-state index in [2.05, 4.69) is 31.0 Å². The number of amides is 3. The van der Waals surface area contributed by atoms with Gasteiger partial charge in [-0.15, -0.1) is 0 Å². The molecule has 3 amide bonds. The maximum atomic E-state index is 12.8. The minimum absolute atomic E-state index is 0.0198. The van der Waals surface area contributed by atoms with Crippen molar-refractivity contribution in [3.8, 4) is 11.8 Å². The second-order valence-corrected chi connectivity index (χ2v) is 9.36. The smallest absolute Gasteiger partial charge is 0.318 e. The van der Waals surface area contributed by atoms with Crippen molar-refractivity contribution in [1.82, 2.24) is 15.1 Å². The van der Waals surface area contributed by atoms with Gasteiger partial charge in [0, 0.05) is 30.0 Å². The molecule has 2 N–H and O–H groups in total. The average Bonchev–Trinajstić information content (AvgIpc) is 2.75. The van der Waals surface area contributed by atoms with Gasteiger partial charge in [-0.1, -0.05) is 57.1 Å². The minimum Gasteiger partial charge on any atom is -0.394 e. The first kappa shape index (κ1) is 21.7. The van der Waals surface area contributed by atoms with Gasteiger partial charge in [-0.2, -0.15) is 0 Å². The maximum absolute atomic E-state index is 12.8. The van der Waals surface area contributed by atoms with Crippen LogP contribution in [0, 0.1) is 17.8 Å². The number of hydrogen-bond acceptors (Lipinski definition) is 3. The van der Waals surface area contributed by atoms with Crippen molar-refractivity contribution in [2.24, 2.45) is 5.92 Å². The highest BCUT2D eigenvalue weighted by atomic mass is 16.3. The Balaban J connectivity index is 1.46. The second kappa shape index (κ2) is 9.32. The highest BCUT2D eigenvalue weighted by Gasteiger charge is 2.54. The van der Waals surface area contributed by atoms with Crippen molar-refractivity contribution in [2.45, 2.75) is 70.0 Å². The van der Waals surface area contributed by atoms with Crippen LogP contribution in [-0.4, -0.2) is 64.7 Å². The lowest BCUT2D eigenvalue weighted by Gasteiger charge is -2.58. The summed E-state index contributed by atoms with van der Waals surface area (Å²) in [4.78, 5) is 29.1. The summed E-state index contributed by atoms with van der Waals surface area (Å²) >= 11 is 0. The zero-order chi connectivity index (χ0) is 22.0. The first-order valence-corrected chi connectivity index (χ1v) is 11.6. The molecule has 1 aromatic carbocycles. The Bertz CT molecular complexity index is 864. The van der Waals surface area contributed by atoms with Crippen molar-refractivity contribution in [3.05, 3.63) is 35.4 Å². The highest BCUT2D eigenvalue weighted by Crippen LogP contribution is 2.42. The van der Waals surface area contributed by atoms with Crippen molar-refractivity contribution in [1.29, 1.82) is 0 Å². The zero-order valence-corrected chi connectivity index (χ0v) is 18.5. The molecule has 1 saturated carbocycles. The number of carbonyl (C=O) groups is 2. The maximum Gasteiger partial charge on any atom is 0.318 e. The van der Waals surface area contributed by atoms with E-state index in [4.69, 9.17) is 0 Å². The van der Waals surface area contributed by atoms with Crippen molar-refractivity contribution in [2.75, 3.05) is 19.7 Å². The van der Waals surface area contributed by atoms with Gasteiger partial charge in [-0.25, -0.2) is 4.79 Å². The van der Waals surface area contributed by atoms with Gasteiger partial charge in [0.2, 0.25) is 5.91 Å². The van der Waals surface area contributed by atoms with E-state index in [1.54, 1.807) is 9.80 Å². The summed E-state index contributed by atoms with van der Waals surface area (Å²) in [7, 11) is 0. The Labute approximate surface area is 185 Å². The third-order valence-corrected chi connectivity index (χ3v) is 6.77. The molecule has 6 nitrogen and oxygen atoms in total. The van der Waals surface area contributed by atoms with Crippen LogP contribution in [0.1, 0.15) is 63.0 Å². The molecule has 2 aliphatic heterocycles. The number of aliphatic hydroxyl groups excluding tert-OH is 1. The lowest BCUT2D eigenvalue weighted by Crippen LogP contribution is -2.74. The van der Waals surface area contributed by atoms with Gasteiger partial charge >= 0.3 is 6.03 Å². The quantitative estimate of drug-likeness (QED) is 0.735. The topological polar surface area (TPSA) is 72.9 Å². The van der Waals surface area contributed by atoms with Gasteiger partial charge in [0.1, 0.15) is 6.54 Å². The Morgan fingerprint density at radius 3 is 2.55 bits per heavy atom. The average molecular weight is 424 g/mol. The van der Waals surface area contributed by atoms with Crippen LogP contribution in [0.25, 0.3) is 0 Å². The molecule has 2 heterocycles. The third-order valence-electron chi connectivity index (χ3n) is 6.77. The largest absolute Gasteiger partial charge is 0.394 e. The highest BCUT2D eigenvalue weighted by molar-refractivity contribution is 5.87. The number of benzene rings is 1. The van der Waals surface area contributed by atoms with E-state index in [9.17, 15) is 14.7 Å². The van der Waals surface area contributed by atoms with Crippen LogP contribution in [-0.2, 0) is 4.79 Å². The van der Waals surface area contributed by atoms with E-state index in [1.165, 1.54) is 6.42 Å². The van der Waals surface area contributed by atoms with Gasteiger partial charge in [0.05, 0.1) is 18.7 Å². The van der Waals surface area contributed by atoms with Crippen LogP contribution < -0.4 is 5.32 Å². The Morgan fingerprint density at radius 2 is 1.90 bits per heavy atom. The molecular formula is C25H33N3O3. The van der Waals surface area contributed by atoms with E-state index in [1.807, 2.05) is 24.3 Å². The van der Waals surface area contributed by atoms with Gasteiger partial charge in [0.25, 0.3) is 0 Å². The third kappa shape index (κ3) is 4.57. The van der Waals surface area contributed by atoms with Crippen LogP contribution in [0.15, 0.2) is 24.3 Å². The number of fused-ring (bicyclic) bond motifs is 1. The SMILES string of the molecule is CC(C)C#Cc1ccc([C@@H]2[C@H](CO)N3C(=O)CN(C(=O)NC4CCCCC4)C[C@@H]23)cc1. The molecule has 31 heavy (non-hydrogen) atoms. The minimum atomic E-state index is -0.228. The van der Waals surface area contributed by atoms with Crippen LogP contribution in [0.5, 0.6) is 0 Å². The molecule has 0 spiro atoms. The van der Waals surface area contributed by atoms with E-state index >= 15 is 0 Å². The molecule has 6 heteroatoms. The molecule has 0 aromatic heterocycles. The lowest BCUT2D eigenvalue weighted by molar-refractivity contribution is -0.159. The summed E-state index contributed by atoms with van der Waals surface area (Å²) in [5.41, 5.74) is 2.04. The predicted molar refractivity (Wildman–Crippen MR) is 119 cm³/mol. The van der Waals surface area contributed by atoms with E-state index in [0.29, 0.717) is 12.5 Å². The summed E-state index contributed by atoms with van der Waals surface area (Å²) in [6, 6.07) is 7.85. The molecular weight excluding hydrogens is 390 g/mol. The molecule has 3 atom stereocenters. The number of hydrogen-bond donors (Lipinski definition) is 2. The number of urea groups is 1. The number of aliphatic hydroxyl groups is 1. The molecule has 4 rings (SSSR count). The summed E-state index contributed by atoms with van der Waals surface area (Å²) < 4.78 is 0. The fourth-order valence-electron chi connectivity index (χ4n) is 5.18. The number of piperazine rings is 1. The molecule has 1 aromatic rings. The van der Waals surface area contributed by atoms with E-state index in [0.717, 1.165) is 36.8 Å². The van der Waals surface area contributed by atoms with Crippen molar-refractivity contribution < 1.29 is 14.7 Å². The first-order valence-electron chi connectivity index (χ1n) is 11.6. The number of carbonyl (C=O) groups excluding carboxylic acids is 2. The molecule has 0 bridgehead atoms. The van der Waals surface area contributed by atoms with Crippen molar-refractivity contribution >= 4 is 11.9 Å². The monoisotopic (exact) mass is 423 g/mol. The molecule has 166 valence electrons. The van der Waals surface area contributed by atoms with Gasteiger partial charge in [-0.05, 0) is 30.5 Å². The Morgan fingerprint density at radius 1 is 1.19 bits per heavy atom. The second-order valence-electron chi connectivity index (χ2n) is 9.36. The van der Waals surface area contributed by atoms with Gasteiger partial charge in [-0.3, -0.25) is 4.79 Å². The number of nitrogens with one attached hydrogen (secondary N) is 1. The first-order chi connectivity index (χ1) is 15.0. The molecule has 0 radical (unpaired) electrons. The fourth-order valence-corrected chi connectivity index (χ4v) is 5.18. The molecule has 3 aliphatic rings. The van der Waals surface area contributed by atoms with Crippen LogP contribution in [0.3, 0.4) is 0 Å². The van der Waals surface area contributed by atoms with Crippen molar-refractivity contribution in [3.63, 3.8) is 0 Å². The van der Waals surface area contributed by atoms with Crippen LogP contribution in [0.2, 0.25) is 0 Å². The molecule has 2 saturated heterocycles. The summed E-state index contributed by atoms with van der Waals surface area (Å²) in [5, 5.41) is 13.1. The zero-order valence-electron chi connectivity index (χ0n) is 18.5. The lowest BCUT2D eigenvalue weighted by atomic mass is 9.73. The number of nitrogens with zero attached hydrogens (tertiary/aromatic N) is 2. The Hall–Kier alpha value is -2.52. The normalized spacial score (nSPS) is 26.1. The Kier molecular flexibility index (Phi) is 6.52. The summed E-state index contributed by atoms with van der Waals surface area (Å²) in [6.45, 7) is 4.64. The predicted octanol–water partition coefficient (Wildman–Crippen LogP) is 2.71. The molecule has 0 unspecified atom stereocenters. The number of rotatable bonds is 3.